The first-order valence-electron chi connectivity index (χ1n) is 5.49. The van der Waals surface area contributed by atoms with Crippen LogP contribution in [-0.2, 0) is 4.74 Å². The SMILES string of the molecule is CSc1ncnc2c1ncn2C1C=COCC1O. The van der Waals surface area contributed by atoms with Gasteiger partial charge in [0.2, 0.25) is 0 Å². The predicted molar refractivity (Wildman–Crippen MR) is 67.2 cm³/mol. The number of imidazole rings is 1. The molecule has 2 unspecified atom stereocenters. The molecule has 0 fully saturated rings. The lowest BCUT2D eigenvalue weighted by Gasteiger charge is -2.24. The molecule has 0 bridgehead atoms. The maximum Gasteiger partial charge on any atom is 0.165 e. The van der Waals surface area contributed by atoms with Crippen molar-refractivity contribution >= 4 is 22.9 Å². The monoisotopic (exact) mass is 264 g/mol. The van der Waals surface area contributed by atoms with Crippen LogP contribution in [0.2, 0.25) is 0 Å². The summed E-state index contributed by atoms with van der Waals surface area (Å²) in [7, 11) is 0. The highest BCUT2D eigenvalue weighted by Crippen LogP contribution is 2.26. The number of aromatic nitrogens is 4. The second-order valence-corrected chi connectivity index (χ2v) is 4.72. The lowest BCUT2D eigenvalue weighted by Crippen LogP contribution is -2.29. The number of fused-ring (bicyclic) bond motifs is 1. The summed E-state index contributed by atoms with van der Waals surface area (Å²) in [4.78, 5) is 12.8. The van der Waals surface area contributed by atoms with E-state index in [1.165, 1.54) is 18.1 Å². The molecule has 94 valence electrons. The smallest absolute Gasteiger partial charge is 0.165 e. The summed E-state index contributed by atoms with van der Waals surface area (Å²) in [6.07, 6.45) is 7.95. The predicted octanol–water partition coefficient (Wildman–Crippen LogP) is 0.994. The van der Waals surface area contributed by atoms with Crippen molar-refractivity contribution < 1.29 is 9.84 Å². The molecule has 2 aromatic heterocycles. The summed E-state index contributed by atoms with van der Waals surface area (Å²) < 4.78 is 6.91. The van der Waals surface area contributed by atoms with Crippen molar-refractivity contribution in [2.45, 2.75) is 17.2 Å². The zero-order chi connectivity index (χ0) is 12.5. The molecule has 1 aliphatic heterocycles. The van der Waals surface area contributed by atoms with Gasteiger partial charge in [-0.15, -0.1) is 11.8 Å². The van der Waals surface area contributed by atoms with Crippen LogP contribution in [-0.4, -0.2) is 43.6 Å². The van der Waals surface area contributed by atoms with Gasteiger partial charge in [0.1, 0.15) is 29.6 Å². The van der Waals surface area contributed by atoms with Crippen molar-refractivity contribution in [1.82, 2.24) is 19.5 Å². The first-order valence-corrected chi connectivity index (χ1v) is 6.71. The molecule has 3 heterocycles. The van der Waals surface area contributed by atoms with E-state index >= 15 is 0 Å². The Kier molecular flexibility index (Phi) is 2.92. The number of ether oxygens (including phenoxy) is 1. The third-order valence-electron chi connectivity index (χ3n) is 2.87. The molecule has 1 aliphatic rings. The van der Waals surface area contributed by atoms with Crippen molar-refractivity contribution in [3.8, 4) is 0 Å². The van der Waals surface area contributed by atoms with Crippen LogP contribution >= 0.6 is 11.8 Å². The highest BCUT2D eigenvalue weighted by atomic mass is 32.2. The minimum Gasteiger partial charge on any atom is -0.499 e. The van der Waals surface area contributed by atoms with Gasteiger partial charge in [-0.2, -0.15) is 0 Å². The average molecular weight is 264 g/mol. The van der Waals surface area contributed by atoms with Gasteiger partial charge in [-0.1, -0.05) is 0 Å². The Morgan fingerprint density at radius 1 is 1.44 bits per heavy atom. The maximum absolute atomic E-state index is 9.95. The van der Waals surface area contributed by atoms with E-state index in [0.717, 1.165) is 16.2 Å². The molecule has 1 N–H and O–H groups in total. The Morgan fingerprint density at radius 2 is 2.33 bits per heavy atom. The Balaban J connectivity index is 2.13. The number of thioether (sulfide) groups is 1. The first-order chi connectivity index (χ1) is 8.81. The van der Waals surface area contributed by atoms with Crippen LogP contribution in [0.1, 0.15) is 6.04 Å². The standard InChI is InChI=1S/C11H12N4O2S/c1-18-11-9-10(12-5-13-11)15(6-14-9)7-2-3-17-4-8(7)16/h2-3,5-8,16H,4H2,1H3. The number of aliphatic hydroxyl groups is 1. The Hall–Kier alpha value is -1.60. The third kappa shape index (κ3) is 1.75. The van der Waals surface area contributed by atoms with Crippen molar-refractivity contribution in [3.63, 3.8) is 0 Å². The lowest BCUT2D eigenvalue weighted by molar-refractivity contribution is 0.0429. The maximum atomic E-state index is 9.95. The van der Waals surface area contributed by atoms with E-state index < -0.39 is 6.10 Å². The van der Waals surface area contributed by atoms with Gasteiger partial charge in [0.05, 0.1) is 18.6 Å². The Labute approximate surface area is 108 Å². The minimum absolute atomic E-state index is 0.201. The van der Waals surface area contributed by atoms with Crippen LogP contribution in [0.5, 0.6) is 0 Å². The average Bonchev–Trinajstić information content (AvgIpc) is 2.83. The van der Waals surface area contributed by atoms with E-state index in [9.17, 15) is 5.11 Å². The molecule has 0 saturated heterocycles. The number of hydrogen-bond acceptors (Lipinski definition) is 6. The van der Waals surface area contributed by atoms with E-state index in [0.29, 0.717) is 0 Å². The van der Waals surface area contributed by atoms with Gasteiger partial charge in [-0.3, -0.25) is 0 Å². The molecular formula is C11H12N4O2S. The zero-order valence-electron chi connectivity index (χ0n) is 9.72. The molecule has 2 atom stereocenters. The van der Waals surface area contributed by atoms with Crippen LogP contribution < -0.4 is 0 Å². The van der Waals surface area contributed by atoms with Crippen molar-refractivity contribution in [1.29, 1.82) is 0 Å². The fourth-order valence-corrected chi connectivity index (χ4v) is 2.48. The Bertz CT molecular complexity index is 598. The van der Waals surface area contributed by atoms with Gasteiger partial charge >= 0.3 is 0 Å². The molecule has 0 spiro atoms. The minimum atomic E-state index is -0.597. The molecule has 3 rings (SSSR count). The summed E-state index contributed by atoms with van der Waals surface area (Å²) in [6, 6.07) is -0.201. The highest BCUT2D eigenvalue weighted by molar-refractivity contribution is 7.98. The third-order valence-corrected chi connectivity index (χ3v) is 3.56. The van der Waals surface area contributed by atoms with Gasteiger partial charge < -0.3 is 14.4 Å². The van der Waals surface area contributed by atoms with E-state index in [1.54, 1.807) is 18.7 Å². The topological polar surface area (TPSA) is 73.1 Å². The zero-order valence-corrected chi connectivity index (χ0v) is 10.5. The second kappa shape index (κ2) is 4.58. The first kappa shape index (κ1) is 11.5. The van der Waals surface area contributed by atoms with E-state index in [4.69, 9.17) is 4.74 Å². The summed E-state index contributed by atoms with van der Waals surface area (Å²) in [6.45, 7) is 0.279. The summed E-state index contributed by atoms with van der Waals surface area (Å²) in [5, 5.41) is 10.8. The molecule has 6 nitrogen and oxygen atoms in total. The molecule has 7 heteroatoms. The number of rotatable bonds is 2. The molecule has 0 radical (unpaired) electrons. The van der Waals surface area contributed by atoms with Crippen LogP contribution in [0.15, 0.2) is 30.0 Å². The highest BCUT2D eigenvalue weighted by Gasteiger charge is 2.24. The number of hydrogen-bond donors (Lipinski definition) is 1. The normalized spacial score (nSPS) is 23.2. The van der Waals surface area contributed by atoms with Gasteiger partial charge in [-0.05, 0) is 12.3 Å². The van der Waals surface area contributed by atoms with Crippen molar-refractivity contribution in [2.75, 3.05) is 12.9 Å². The number of aliphatic hydroxyl groups excluding tert-OH is 1. The fourth-order valence-electron chi connectivity index (χ4n) is 1.99. The van der Waals surface area contributed by atoms with Gasteiger partial charge in [-0.25, -0.2) is 15.0 Å². The molecule has 0 aromatic carbocycles. The molecular weight excluding hydrogens is 252 g/mol. The van der Waals surface area contributed by atoms with Gasteiger partial charge in [0.25, 0.3) is 0 Å². The van der Waals surface area contributed by atoms with Crippen LogP contribution in [0, 0.1) is 0 Å². The van der Waals surface area contributed by atoms with E-state index in [1.807, 2.05) is 10.8 Å². The Morgan fingerprint density at radius 3 is 3.11 bits per heavy atom. The largest absolute Gasteiger partial charge is 0.499 e. The molecule has 18 heavy (non-hydrogen) atoms. The summed E-state index contributed by atoms with van der Waals surface area (Å²) in [5.74, 6) is 0. The van der Waals surface area contributed by atoms with E-state index in [-0.39, 0.29) is 12.6 Å². The summed E-state index contributed by atoms with van der Waals surface area (Å²) in [5.41, 5.74) is 1.49. The lowest BCUT2D eigenvalue weighted by atomic mass is 10.1. The van der Waals surface area contributed by atoms with Crippen LogP contribution in [0.4, 0.5) is 0 Å². The van der Waals surface area contributed by atoms with Crippen molar-refractivity contribution in [3.05, 3.63) is 25.0 Å². The van der Waals surface area contributed by atoms with Gasteiger partial charge in [0, 0.05) is 0 Å². The number of nitrogens with zero attached hydrogens (tertiary/aromatic N) is 4. The van der Waals surface area contributed by atoms with E-state index in [2.05, 4.69) is 15.0 Å². The van der Waals surface area contributed by atoms with Crippen LogP contribution in [0.3, 0.4) is 0 Å². The molecule has 2 aromatic rings. The summed E-state index contributed by atoms with van der Waals surface area (Å²) >= 11 is 1.53. The second-order valence-electron chi connectivity index (χ2n) is 3.93. The van der Waals surface area contributed by atoms with Gasteiger partial charge in [0.15, 0.2) is 5.65 Å². The van der Waals surface area contributed by atoms with Crippen LogP contribution in [0.25, 0.3) is 11.2 Å². The molecule has 0 amide bonds. The molecule has 0 saturated carbocycles. The quantitative estimate of drug-likeness (QED) is 0.644. The molecule has 0 aliphatic carbocycles. The van der Waals surface area contributed by atoms with Crippen molar-refractivity contribution in [2.24, 2.45) is 0 Å². The fraction of sp³-hybridized carbons (Fsp3) is 0.364.